The minimum Gasteiger partial charge on any atom is -0.378 e. The lowest BCUT2D eigenvalue weighted by Gasteiger charge is -2.26. The number of hydrogen-bond acceptors (Lipinski definition) is 5. The number of benzene rings is 1. The molecule has 0 radical (unpaired) electrons. The van der Waals surface area contributed by atoms with Gasteiger partial charge in [-0.3, -0.25) is 0 Å². The van der Waals surface area contributed by atoms with Crippen molar-refractivity contribution in [3.05, 3.63) is 34.6 Å². The molecule has 1 saturated heterocycles. The van der Waals surface area contributed by atoms with Gasteiger partial charge in [-0.2, -0.15) is 15.0 Å². The number of ether oxygens (including phenoxy) is 1. The highest BCUT2D eigenvalue weighted by Gasteiger charge is 2.16. The Morgan fingerprint density at radius 3 is 2.52 bits per heavy atom. The largest absolute Gasteiger partial charge is 0.378 e. The van der Waals surface area contributed by atoms with Crippen LogP contribution < -0.4 is 4.90 Å². The zero-order chi connectivity index (χ0) is 14.8. The van der Waals surface area contributed by atoms with E-state index in [0.29, 0.717) is 25.0 Å². The van der Waals surface area contributed by atoms with Gasteiger partial charge in [0.25, 0.3) is 0 Å². The van der Waals surface area contributed by atoms with Crippen LogP contribution in [0.4, 0.5) is 5.95 Å². The average Bonchev–Trinajstić information content (AvgIpc) is 2.50. The van der Waals surface area contributed by atoms with Crippen molar-refractivity contribution < 1.29 is 4.74 Å². The van der Waals surface area contributed by atoms with Gasteiger partial charge in [0, 0.05) is 18.7 Å². The Morgan fingerprint density at radius 2 is 1.81 bits per heavy atom. The molecule has 6 heteroatoms. The number of anilines is 1. The molecule has 0 aliphatic carbocycles. The van der Waals surface area contributed by atoms with Crippen LogP contribution in [0, 0.1) is 13.8 Å². The topological polar surface area (TPSA) is 51.1 Å². The molecule has 1 aliphatic rings. The van der Waals surface area contributed by atoms with E-state index >= 15 is 0 Å². The molecule has 1 aromatic heterocycles. The maximum atomic E-state index is 6.07. The van der Waals surface area contributed by atoms with Gasteiger partial charge in [-0.05, 0) is 42.6 Å². The highest BCUT2D eigenvalue weighted by Crippen LogP contribution is 2.22. The SMILES string of the molecule is Cc1ccc(-c2nc(Cl)nc(N3CCOCC3)n2)cc1C. The summed E-state index contributed by atoms with van der Waals surface area (Å²) in [6, 6.07) is 6.15. The number of nitrogens with zero attached hydrogens (tertiary/aromatic N) is 4. The molecule has 110 valence electrons. The Labute approximate surface area is 129 Å². The van der Waals surface area contributed by atoms with Crippen LogP contribution in [0.2, 0.25) is 5.28 Å². The Balaban J connectivity index is 1.98. The van der Waals surface area contributed by atoms with E-state index in [1.54, 1.807) is 0 Å². The Bertz CT molecular complexity index is 656. The van der Waals surface area contributed by atoms with Crippen molar-refractivity contribution in [1.82, 2.24) is 15.0 Å². The normalized spacial score (nSPS) is 15.3. The van der Waals surface area contributed by atoms with E-state index in [2.05, 4.69) is 45.8 Å². The summed E-state index contributed by atoms with van der Waals surface area (Å²) in [4.78, 5) is 15.1. The number of morpholine rings is 1. The van der Waals surface area contributed by atoms with Crippen LogP contribution in [0.15, 0.2) is 18.2 Å². The summed E-state index contributed by atoms with van der Waals surface area (Å²) in [7, 11) is 0. The molecular weight excluding hydrogens is 288 g/mol. The highest BCUT2D eigenvalue weighted by atomic mass is 35.5. The van der Waals surface area contributed by atoms with Gasteiger partial charge in [0.1, 0.15) is 0 Å². The molecule has 1 aliphatic heterocycles. The number of aryl methyl sites for hydroxylation is 2. The van der Waals surface area contributed by atoms with Crippen LogP contribution >= 0.6 is 11.6 Å². The summed E-state index contributed by atoms with van der Waals surface area (Å²) in [5.74, 6) is 1.23. The molecule has 0 atom stereocenters. The van der Waals surface area contributed by atoms with Gasteiger partial charge in [-0.1, -0.05) is 12.1 Å². The molecule has 5 nitrogen and oxygen atoms in total. The van der Waals surface area contributed by atoms with Crippen molar-refractivity contribution in [3.63, 3.8) is 0 Å². The van der Waals surface area contributed by atoms with Crippen molar-refractivity contribution in [2.45, 2.75) is 13.8 Å². The minimum atomic E-state index is 0.222. The second-order valence-electron chi connectivity index (χ2n) is 5.13. The van der Waals surface area contributed by atoms with Crippen LogP contribution in [0.3, 0.4) is 0 Å². The summed E-state index contributed by atoms with van der Waals surface area (Å²) in [5, 5.41) is 0.222. The molecule has 0 spiro atoms. The Hall–Kier alpha value is -1.72. The van der Waals surface area contributed by atoms with Gasteiger partial charge in [0.2, 0.25) is 11.2 Å². The van der Waals surface area contributed by atoms with E-state index < -0.39 is 0 Å². The maximum Gasteiger partial charge on any atom is 0.230 e. The van der Waals surface area contributed by atoms with Crippen LogP contribution in [-0.4, -0.2) is 41.3 Å². The summed E-state index contributed by atoms with van der Waals surface area (Å²) < 4.78 is 5.35. The zero-order valence-electron chi connectivity index (χ0n) is 12.1. The first-order valence-electron chi connectivity index (χ1n) is 6.95. The predicted octanol–water partition coefficient (Wildman–Crippen LogP) is 2.65. The lowest BCUT2D eigenvalue weighted by atomic mass is 10.1. The quantitative estimate of drug-likeness (QED) is 0.853. The fraction of sp³-hybridized carbons (Fsp3) is 0.400. The Morgan fingerprint density at radius 1 is 1.05 bits per heavy atom. The lowest BCUT2D eigenvalue weighted by Crippen LogP contribution is -2.37. The van der Waals surface area contributed by atoms with E-state index in [1.807, 2.05) is 6.07 Å². The summed E-state index contributed by atoms with van der Waals surface area (Å²) in [5.41, 5.74) is 3.40. The molecule has 0 bridgehead atoms. The van der Waals surface area contributed by atoms with Crippen molar-refractivity contribution in [2.24, 2.45) is 0 Å². The van der Waals surface area contributed by atoms with Gasteiger partial charge >= 0.3 is 0 Å². The van der Waals surface area contributed by atoms with E-state index in [4.69, 9.17) is 16.3 Å². The molecule has 0 saturated carbocycles. The molecule has 2 aromatic rings. The number of hydrogen-bond donors (Lipinski definition) is 0. The molecule has 0 amide bonds. The molecular formula is C15H17ClN4O. The first-order valence-corrected chi connectivity index (χ1v) is 7.33. The maximum absolute atomic E-state index is 6.07. The third kappa shape index (κ3) is 3.14. The van der Waals surface area contributed by atoms with Gasteiger partial charge in [0.15, 0.2) is 5.82 Å². The molecule has 1 fully saturated rings. The first kappa shape index (κ1) is 14.2. The third-order valence-electron chi connectivity index (χ3n) is 3.66. The van der Waals surface area contributed by atoms with E-state index in [9.17, 15) is 0 Å². The van der Waals surface area contributed by atoms with Crippen molar-refractivity contribution in [2.75, 3.05) is 31.2 Å². The third-order valence-corrected chi connectivity index (χ3v) is 3.82. The summed E-state index contributed by atoms with van der Waals surface area (Å²) in [6.07, 6.45) is 0. The van der Waals surface area contributed by atoms with E-state index in [1.165, 1.54) is 11.1 Å². The average molecular weight is 305 g/mol. The van der Waals surface area contributed by atoms with Gasteiger partial charge in [-0.25, -0.2) is 0 Å². The number of aromatic nitrogens is 3. The first-order chi connectivity index (χ1) is 10.1. The number of halogens is 1. The standard InChI is InChI=1S/C15H17ClN4O/c1-10-3-4-12(9-11(10)2)13-17-14(16)19-15(18-13)20-5-7-21-8-6-20/h3-4,9H,5-8H2,1-2H3. The van der Waals surface area contributed by atoms with Crippen molar-refractivity contribution in [1.29, 1.82) is 0 Å². The predicted molar refractivity (Wildman–Crippen MR) is 82.8 cm³/mol. The number of rotatable bonds is 2. The van der Waals surface area contributed by atoms with Crippen molar-refractivity contribution in [3.8, 4) is 11.4 Å². The van der Waals surface area contributed by atoms with Gasteiger partial charge < -0.3 is 9.64 Å². The van der Waals surface area contributed by atoms with Gasteiger partial charge in [0.05, 0.1) is 13.2 Å². The molecule has 3 rings (SSSR count). The second-order valence-corrected chi connectivity index (χ2v) is 5.46. The van der Waals surface area contributed by atoms with Crippen LogP contribution in [0.25, 0.3) is 11.4 Å². The highest BCUT2D eigenvalue weighted by molar-refractivity contribution is 6.28. The van der Waals surface area contributed by atoms with Gasteiger partial charge in [-0.15, -0.1) is 0 Å². The van der Waals surface area contributed by atoms with Crippen molar-refractivity contribution >= 4 is 17.5 Å². The Kier molecular flexibility index (Phi) is 4.03. The van der Waals surface area contributed by atoms with Crippen LogP contribution in [-0.2, 0) is 4.74 Å². The molecule has 0 N–H and O–H groups in total. The monoisotopic (exact) mass is 304 g/mol. The zero-order valence-corrected chi connectivity index (χ0v) is 12.9. The second kappa shape index (κ2) is 5.95. The minimum absolute atomic E-state index is 0.222. The molecule has 1 aromatic carbocycles. The van der Waals surface area contributed by atoms with Crippen LogP contribution in [0.5, 0.6) is 0 Å². The van der Waals surface area contributed by atoms with E-state index in [-0.39, 0.29) is 5.28 Å². The molecule has 0 unspecified atom stereocenters. The fourth-order valence-corrected chi connectivity index (χ4v) is 2.41. The summed E-state index contributed by atoms with van der Waals surface area (Å²) >= 11 is 6.07. The van der Waals surface area contributed by atoms with E-state index in [0.717, 1.165) is 18.7 Å². The summed E-state index contributed by atoms with van der Waals surface area (Å²) in [6.45, 7) is 7.06. The fourth-order valence-electron chi connectivity index (χ4n) is 2.25. The lowest BCUT2D eigenvalue weighted by molar-refractivity contribution is 0.122. The van der Waals surface area contributed by atoms with Crippen LogP contribution in [0.1, 0.15) is 11.1 Å². The molecule has 21 heavy (non-hydrogen) atoms. The smallest absolute Gasteiger partial charge is 0.230 e. The molecule has 2 heterocycles.